The molecule has 0 saturated heterocycles. The molecule has 0 unspecified atom stereocenters. The highest BCUT2D eigenvalue weighted by atomic mass is 35.5. The average molecular weight is 2080 g/mol. The first-order valence-electron chi connectivity index (χ1n) is 37.2. The molecule has 32 nitrogen and oxygen atoms in total. The number of nitrogens with one attached hydrogen (secondary N) is 7. The minimum absolute atomic E-state index is 0.000892. The smallest absolute Gasteiger partial charge is 0.417 e. The predicted molar refractivity (Wildman–Crippen MR) is 470 cm³/mol. The molecule has 0 bridgehead atoms. The standard InChI is InChI=1S/C21H13Cl2F3N4O3S.C21H14ClF3N4O5S.C21H14ClF3N4O4S.C19H10Cl2F3N5O3S/c1-10-6-14(13-4-5-27-20(13)29-10)19(31)18-17(7-11(22)9-28-18)30-34(32,33)12-2-3-16(23)15(8-12)21(24,25)26;1-34-16-10-29(31)20-12(6-8-27-20)17(16)19(30)18-15(3-2-7-26-18)28-35(32,33)11-4-5-14(22)13(9-11)21(23,24)25;1-33-16-10-28-20-12(6-8-27-20)17(16)19(30)18-15(3-2-7-26-18)29-34(31,32)11-4-5-14(22)13(9-11)21(23,24)25;20-9-5-14(29-33(31,32)10-1-2-13(21)12(6-10)19(22,23)24)16(26-7-9)17(30)11-3-4-25-18-15(11)27-8-28-18/h2-9,30H,1H3,(H,27,29);2-10,28,31H,1H3;2-10,29H,1H3,(H,27,28);1-8,29H,(H,25,27,28). The van der Waals surface area contributed by atoms with Crippen LogP contribution in [0.2, 0.25) is 30.1 Å². The Balaban J connectivity index is 0.000000153. The number of pyridine rings is 8. The summed E-state index contributed by atoms with van der Waals surface area (Å²) in [5.74, 6) is -2.70. The minimum Gasteiger partial charge on any atom is -0.494 e. The lowest BCUT2D eigenvalue weighted by atomic mass is 10.0. The van der Waals surface area contributed by atoms with Gasteiger partial charge in [-0.05, 0) is 146 Å². The van der Waals surface area contributed by atoms with Crippen LogP contribution in [0, 0.1) is 6.92 Å². The molecule has 54 heteroatoms. The Morgan fingerprint density at radius 2 is 0.809 bits per heavy atom. The number of halogens is 18. The van der Waals surface area contributed by atoms with Crippen LogP contribution in [0.4, 0.5) is 75.4 Å². The fraction of sp³-hybridized carbons (Fsp3) is 0.0854. The first-order valence-corrected chi connectivity index (χ1v) is 45.4. The van der Waals surface area contributed by atoms with Crippen molar-refractivity contribution in [1.82, 2.24) is 64.5 Å². The van der Waals surface area contributed by atoms with Gasteiger partial charge in [0.1, 0.15) is 39.8 Å². The summed E-state index contributed by atoms with van der Waals surface area (Å²) in [7, 11) is -15.7. The maximum Gasteiger partial charge on any atom is 0.417 e. The normalized spacial score (nSPS) is 12.1. The Hall–Kier alpha value is -13.9. The molecule has 2 aliphatic rings. The molecule has 704 valence electrons. The number of aromatic amines is 3. The second-order valence-corrected chi connectivity index (χ2v) is 37.0. The number of rotatable bonds is 22. The van der Waals surface area contributed by atoms with Crippen LogP contribution >= 0.6 is 69.6 Å². The Labute approximate surface area is 786 Å². The minimum atomic E-state index is -4.88. The number of nitrogens with zero attached hydrogens (tertiary/aromatic N) is 10. The maximum absolute atomic E-state index is 13.5. The Morgan fingerprint density at radius 3 is 1.25 bits per heavy atom. The van der Waals surface area contributed by atoms with E-state index in [9.17, 15) is 111 Å². The lowest BCUT2D eigenvalue weighted by Gasteiger charge is -2.16. The van der Waals surface area contributed by atoms with Crippen LogP contribution in [-0.4, -0.2) is 141 Å². The number of H-pyrrole nitrogens is 3. The largest absolute Gasteiger partial charge is 0.494 e. The topological polar surface area (TPSA) is 460 Å². The first kappa shape index (κ1) is 99.6. The Morgan fingerprint density at radius 1 is 0.404 bits per heavy atom. The van der Waals surface area contributed by atoms with Gasteiger partial charge in [0.15, 0.2) is 17.2 Å². The summed E-state index contributed by atoms with van der Waals surface area (Å²) in [5.41, 5.74) is -5.33. The van der Waals surface area contributed by atoms with Crippen molar-refractivity contribution in [2.24, 2.45) is 0 Å². The van der Waals surface area contributed by atoms with Crippen molar-refractivity contribution in [3.05, 3.63) is 311 Å². The summed E-state index contributed by atoms with van der Waals surface area (Å²) in [5, 5.41) is 8.29. The molecule has 0 amide bonds. The number of anilines is 4. The molecule has 0 atom stereocenters. The summed E-state index contributed by atoms with van der Waals surface area (Å²) in [4.78, 5) is 95.3. The number of carbonyl (C=O) groups is 4. The van der Waals surface area contributed by atoms with Gasteiger partial charge >= 0.3 is 24.7 Å². The van der Waals surface area contributed by atoms with Crippen LogP contribution in [0.1, 0.15) is 92.2 Å². The summed E-state index contributed by atoms with van der Waals surface area (Å²) in [6, 6.07) is 23.5. The number of ketones is 4. The van der Waals surface area contributed by atoms with Crippen molar-refractivity contribution in [2.45, 2.75) is 51.2 Å². The monoisotopic (exact) mass is 2080 g/mol. The zero-order chi connectivity index (χ0) is 99.0. The van der Waals surface area contributed by atoms with E-state index in [2.05, 4.69) is 78.7 Å². The molecule has 0 aliphatic carbocycles. The third-order valence-corrected chi connectivity index (χ3v) is 26.1. The zero-order valence-electron chi connectivity index (χ0n) is 67.7. The van der Waals surface area contributed by atoms with Gasteiger partial charge in [-0.3, -0.25) is 48.0 Å². The number of imidazole rings is 1. The van der Waals surface area contributed by atoms with Gasteiger partial charge in [0.25, 0.3) is 40.1 Å². The van der Waals surface area contributed by atoms with Crippen LogP contribution in [0.15, 0.2) is 227 Å². The molecule has 4 aromatic carbocycles. The quantitative estimate of drug-likeness (QED) is 0.0177. The third kappa shape index (κ3) is 21.6. The average Bonchev–Trinajstić information content (AvgIpc) is 0.930. The molecule has 136 heavy (non-hydrogen) atoms. The van der Waals surface area contributed by atoms with Gasteiger partial charge in [0.2, 0.25) is 23.1 Å². The molecule has 0 saturated carbocycles. The fourth-order valence-corrected chi connectivity index (χ4v) is 18.4. The van der Waals surface area contributed by atoms with Crippen LogP contribution in [0.3, 0.4) is 0 Å². The van der Waals surface area contributed by atoms with E-state index in [1.54, 1.807) is 31.5 Å². The molecule has 0 radical (unpaired) electrons. The van der Waals surface area contributed by atoms with Crippen LogP contribution < -0.4 is 28.4 Å². The van der Waals surface area contributed by atoms with E-state index in [4.69, 9.17) is 79.1 Å². The van der Waals surface area contributed by atoms with E-state index in [1.165, 1.54) is 94.0 Å². The zero-order valence-corrected chi connectivity index (χ0v) is 75.5. The molecule has 16 rings (SSSR count). The van der Waals surface area contributed by atoms with E-state index in [0.717, 1.165) is 79.3 Å². The number of carbonyl (C=O) groups excluding carboxylic acids is 4. The van der Waals surface area contributed by atoms with Gasteiger partial charge in [0, 0.05) is 77.2 Å². The molecule has 12 heterocycles. The molecule has 0 fully saturated rings. The number of methoxy groups -OCH3 is 2. The maximum atomic E-state index is 13.5. The molecule has 0 spiro atoms. The molecule has 2 aliphatic heterocycles. The molecular formula is C82H51Cl6F12N17O15S4. The van der Waals surface area contributed by atoms with Crippen LogP contribution in [-0.2, 0) is 64.8 Å². The van der Waals surface area contributed by atoms with Crippen LogP contribution in [0.5, 0.6) is 11.5 Å². The summed E-state index contributed by atoms with van der Waals surface area (Å²) in [6.45, 7) is 1.68. The highest BCUT2D eigenvalue weighted by Gasteiger charge is 2.41. The third-order valence-electron chi connectivity index (χ3n) is 18.9. The van der Waals surface area contributed by atoms with Gasteiger partial charge < -0.3 is 29.6 Å². The lowest BCUT2D eigenvalue weighted by molar-refractivity contribution is -0.138. The van der Waals surface area contributed by atoms with E-state index in [1.807, 2.05) is 0 Å². The number of alkyl halides is 12. The van der Waals surface area contributed by atoms with Crippen LogP contribution in [0.25, 0.3) is 44.6 Å². The van der Waals surface area contributed by atoms with E-state index in [-0.39, 0.29) is 106 Å². The predicted octanol–water partition coefficient (Wildman–Crippen LogP) is 19.3. The van der Waals surface area contributed by atoms with Gasteiger partial charge in [-0.1, -0.05) is 69.6 Å². The van der Waals surface area contributed by atoms with Crippen molar-refractivity contribution in [2.75, 3.05) is 33.1 Å². The second-order valence-electron chi connectivity index (χ2n) is 27.7. The highest BCUT2D eigenvalue weighted by molar-refractivity contribution is 7.93. The van der Waals surface area contributed by atoms with Crippen molar-refractivity contribution in [1.29, 1.82) is 0 Å². The van der Waals surface area contributed by atoms with E-state index >= 15 is 0 Å². The van der Waals surface area contributed by atoms with Gasteiger partial charge in [-0.25, -0.2) is 68.6 Å². The lowest BCUT2D eigenvalue weighted by Crippen LogP contribution is -2.19. The first-order chi connectivity index (χ1) is 63.8. The van der Waals surface area contributed by atoms with Gasteiger partial charge in [0.05, 0.1) is 150 Å². The number of ether oxygens (including phenoxy) is 2. The number of aromatic nitrogens is 13. The van der Waals surface area contributed by atoms with Gasteiger partial charge in [-0.2, -0.15) is 57.4 Å². The molecule has 10 aromatic heterocycles. The number of sulfonamides is 4. The van der Waals surface area contributed by atoms with Crippen molar-refractivity contribution in [3.8, 4) is 22.9 Å². The number of hydrogen-bond donors (Lipinski definition) is 8. The summed E-state index contributed by atoms with van der Waals surface area (Å²) < 4.78 is 281. The Bertz CT molecular complexity index is 7940. The van der Waals surface area contributed by atoms with Crippen molar-refractivity contribution >= 4 is 189 Å². The highest BCUT2D eigenvalue weighted by Crippen LogP contribution is 2.44. The SMILES string of the molecule is COc1cn(O)c2nccc-2c1C(=O)c1ncccc1NS(=O)(=O)c1ccc(Cl)c(C(F)(F)F)c1.COc1cnc2[nH]ccc2c1C(=O)c1ncccc1NS(=O)(=O)c1ccc(Cl)c(C(F)(F)F)c1.Cc1cc(C(=O)c2ncc(Cl)cc2NS(=O)(=O)c2ccc(Cl)c(C(F)(F)F)c2)c2cc[nH]c2n1.O=C(c1ncc(Cl)cc1NS(=O)(=O)c1ccc(Cl)c(C(F)(F)F)c1)c1ccnc2nc[nH]c12. The second kappa shape index (κ2) is 38.9. The van der Waals surface area contributed by atoms with Crippen molar-refractivity contribution < 1.29 is 120 Å². The fourth-order valence-electron chi connectivity index (χ4n) is 12.8. The van der Waals surface area contributed by atoms with E-state index < -0.39 is 150 Å². The Kier molecular flexibility index (Phi) is 28.5. The molecule has 8 N–H and O–H groups in total. The van der Waals surface area contributed by atoms with Gasteiger partial charge in [-0.15, -0.1) is 0 Å². The summed E-state index contributed by atoms with van der Waals surface area (Å²) >= 11 is 34.2. The number of fused-ring (bicyclic) bond motifs is 4. The van der Waals surface area contributed by atoms with E-state index in [0.29, 0.717) is 62.3 Å². The summed E-state index contributed by atoms with van der Waals surface area (Å²) in [6.07, 6.45) is -5.13. The molecule has 14 aromatic rings. The number of aryl methyl sites for hydroxylation is 1. The molecular weight excluding hydrogens is 2030 g/mol. The van der Waals surface area contributed by atoms with Crippen molar-refractivity contribution in [3.63, 3.8) is 0 Å². The number of benzene rings is 4. The number of hydrogen-bond acceptors (Lipinski definition) is 24.